The Balaban J connectivity index is 1.58. The SMILES string of the molecule is Cc1nnsc1CNC(=O)C1CN(C(=O)c2ccn(C(C)C)n2)CCO1. The molecule has 0 aliphatic carbocycles. The van der Waals surface area contributed by atoms with Crippen molar-refractivity contribution >= 4 is 23.3 Å². The molecule has 1 aliphatic heterocycles. The van der Waals surface area contributed by atoms with E-state index < -0.39 is 6.10 Å². The lowest BCUT2D eigenvalue weighted by atomic mass is 10.2. The third kappa shape index (κ3) is 4.07. The molecule has 2 aromatic heterocycles. The number of aryl methyl sites for hydroxylation is 1. The highest BCUT2D eigenvalue weighted by Crippen LogP contribution is 2.13. The minimum atomic E-state index is -0.693. The zero-order chi connectivity index (χ0) is 18.7. The summed E-state index contributed by atoms with van der Waals surface area (Å²) in [6.45, 7) is 7.16. The molecule has 3 heterocycles. The van der Waals surface area contributed by atoms with Crippen molar-refractivity contribution in [2.45, 2.75) is 39.5 Å². The van der Waals surface area contributed by atoms with Crippen molar-refractivity contribution in [2.24, 2.45) is 0 Å². The summed E-state index contributed by atoms with van der Waals surface area (Å²) in [5.41, 5.74) is 1.18. The van der Waals surface area contributed by atoms with Gasteiger partial charge < -0.3 is 15.0 Å². The van der Waals surface area contributed by atoms with E-state index in [1.165, 1.54) is 11.5 Å². The molecule has 1 atom stereocenters. The third-order valence-electron chi connectivity index (χ3n) is 4.17. The third-order valence-corrected chi connectivity index (χ3v) is 4.99. The number of hydrogen-bond donors (Lipinski definition) is 1. The fourth-order valence-electron chi connectivity index (χ4n) is 2.59. The van der Waals surface area contributed by atoms with Gasteiger partial charge >= 0.3 is 0 Å². The molecule has 1 unspecified atom stereocenters. The standard InChI is InChI=1S/C16H22N6O3S/c1-10(2)22-5-4-12(19-22)16(24)21-6-7-25-13(9-21)15(23)17-8-14-11(3)18-20-26-14/h4-5,10,13H,6-9H2,1-3H3,(H,17,23). The number of nitrogens with zero attached hydrogens (tertiary/aromatic N) is 5. The number of ether oxygens (including phenoxy) is 1. The van der Waals surface area contributed by atoms with E-state index in [2.05, 4.69) is 20.0 Å². The van der Waals surface area contributed by atoms with Crippen LogP contribution in [0.2, 0.25) is 0 Å². The summed E-state index contributed by atoms with van der Waals surface area (Å²) in [6, 6.07) is 1.89. The van der Waals surface area contributed by atoms with Crippen molar-refractivity contribution in [3.8, 4) is 0 Å². The lowest BCUT2D eigenvalue weighted by molar-refractivity contribution is -0.137. The zero-order valence-electron chi connectivity index (χ0n) is 15.0. The van der Waals surface area contributed by atoms with Gasteiger partial charge in [0.05, 0.1) is 30.3 Å². The molecule has 1 aliphatic rings. The van der Waals surface area contributed by atoms with Crippen LogP contribution < -0.4 is 5.32 Å². The van der Waals surface area contributed by atoms with E-state index >= 15 is 0 Å². The van der Waals surface area contributed by atoms with Crippen molar-refractivity contribution < 1.29 is 14.3 Å². The van der Waals surface area contributed by atoms with Crippen LogP contribution in [0.3, 0.4) is 0 Å². The topological polar surface area (TPSA) is 102 Å². The van der Waals surface area contributed by atoms with E-state index in [-0.39, 0.29) is 24.4 Å². The average molecular weight is 378 g/mol. The van der Waals surface area contributed by atoms with Gasteiger partial charge in [0.1, 0.15) is 5.69 Å². The molecule has 2 aromatic rings. The normalized spacial score (nSPS) is 17.5. The Morgan fingerprint density at radius 1 is 1.46 bits per heavy atom. The monoisotopic (exact) mass is 378 g/mol. The van der Waals surface area contributed by atoms with Crippen molar-refractivity contribution in [3.63, 3.8) is 0 Å². The molecule has 1 saturated heterocycles. The lowest BCUT2D eigenvalue weighted by Gasteiger charge is -2.31. The summed E-state index contributed by atoms with van der Waals surface area (Å²) in [4.78, 5) is 27.5. The predicted molar refractivity (Wildman–Crippen MR) is 94.7 cm³/mol. The number of rotatable bonds is 5. The van der Waals surface area contributed by atoms with Gasteiger partial charge in [0.25, 0.3) is 11.8 Å². The maximum absolute atomic E-state index is 12.6. The largest absolute Gasteiger partial charge is 0.365 e. The van der Waals surface area contributed by atoms with Crippen LogP contribution in [-0.2, 0) is 16.1 Å². The van der Waals surface area contributed by atoms with Gasteiger partial charge in [-0.15, -0.1) is 5.10 Å². The molecule has 1 fully saturated rings. The van der Waals surface area contributed by atoms with Crippen molar-refractivity contribution in [3.05, 3.63) is 28.5 Å². The van der Waals surface area contributed by atoms with Gasteiger partial charge in [-0.25, -0.2) is 0 Å². The highest BCUT2D eigenvalue weighted by atomic mass is 32.1. The molecular formula is C16H22N6O3S. The first-order chi connectivity index (χ1) is 12.5. The molecule has 0 spiro atoms. The van der Waals surface area contributed by atoms with Gasteiger partial charge in [-0.05, 0) is 38.4 Å². The van der Waals surface area contributed by atoms with Gasteiger partial charge in [0.15, 0.2) is 6.10 Å². The van der Waals surface area contributed by atoms with E-state index in [4.69, 9.17) is 4.74 Å². The van der Waals surface area contributed by atoms with Gasteiger partial charge in [-0.3, -0.25) is 14.3 Å². The highest BCUT2D eigenvalue weighted by molar-refractivity contribution is 7.05. The number of aromatic nitrogens is 4. The van der Waals surface area contributed by atoms with Crippen LogP contribution in [-0.4, -0.2) is 61.9 Å². The second-order valence-electron chi connectivity index (χ2n) is 6.38. The van der Waals surface area contributed by atoms with Crippen molar-refractivity contribution in [1.29, 1.82) is 0 Å². The molecule has 9 nitrogen and oxygen atoms in total. The molecule has 26 heavy (non-hydrogen) atoms. The van der Waals surface area contributed by atoms with E-state index in [9.17, 15) is 9.59 Å². The molecule has 10 heteroatoms. The van der Waals surface area contributed by atoms with Gasteiger partial charge in [-0.2, -0.15) is 5.10 Å². The molecule has 140 valence electrons. The Labute approximate surface area is 155 Å². The number of amides is 2. The Kier molecular flexibility index (Phi) is 5.62. The predicted octanol–water partition coefficient (Wildman–Crippen LogP) is 0.781. The van der Waals surface area contributed by atoms with Crippen LogP contribution in [0.15, 0.2) is 12.3 Å². The first-order valence-corrected chi connectivity index (χ1v) is 9.24. The molecule has 0 saturated carbocycles. The van der Waals surface area contributed by atoms with Crippen LogP contribution >= 0.6 is 11.5 Å². The molecule has 0 aromatic carbocycles. The molecule has 0 bridgehead atoms. The maximum Gasteiger partial charge on any atom is 0.274 e. The maximum atomic E-state index is 12.6. The highest BCUT2D eigenvalue weighted by Gasteiger charge is 2.30. The number of carbonyl (C=O) groups is 2. The smallest absolute Gasteiger partial charge is 0.274 e. The van der Waals surface area contributed by atoms with Gasteiger partial charge in [0, 0.05) is 18.8 Å². The molecule has 0 radical (unpaired) electrons. The number of nitrogens with one attached hydrogen (secondary N) is 1. The minimum Gasteiger partial charge on any atom is -0.365 e. The van der Waals surface area contributed by atoms with Crippen LogP contribution in [0.1, 0.15) is 40.9 Å². The lowest BCUT2D eigenvalue weighted by Crippen LogP contribution is -2.51. The average Bonchev–Trinajstić information content (AvgIpc) is 3.28. The number of carbonyl (C=O) groups excluding carboxylic acids is 2. The second-order valence-corrected chi connectivity index (χ2v) is 7.22. The molecular weight excluding hydrogens is 356 g/mol. The van der Waals surface area contributed by atoms with E-state index in [1.807, 2.05) is 20.8 Å². The quantitative estimate of drug-likeness (QED) is 0.825. The summed E-state index contributed by atoms with van der Waals surface area (Å²) >= 11 is 1.25. The summed E-state index contributed by atoms with van der Waals surface area (Å²) in [6.07, 6.45) is 1.09. The molecule has 2 amide bonds. The molecule has 3 rings (SSSR count). The van der Waals surface area contributed by atoms with Gasteiger partial charge in [0.2, 0.25) is 0 Å². The Bertz CT molecular complexity index is 787. The van der Waals surface area contributed by atoms with Crippen LogP contribution in [0, 0.1) is 6.92 Å². The van der Waals surface area contributed by atoms with E-state index in [1.54, 1.807) is 21.8 Å². The zero-order valence-corrected chi connectivity index (χ0v) is 15.8. The Morgan fingerprint density at radius 2 is 2.27 bits per heavy atom. The first-order valence-electron chi connectivity index (χ1n) is 8.47. The van der Waals surface area contributed by atoms with Crippen LogP contribution in [0.5, 0.6) is 0 Å². The summed E-state index contributed by atoms with van der Waals surface area (Å²) in [5, 5.41) is 11.0. The van der Waals surface area contributed by atoms with E-state index in [0.717, 1.165) is 10.6 Å². The summed E-state index contributed by atoms with van der Waals surface area (Å²) in [5.74, 6) is -0.434. The van der Waals surface area contributed by atoms with Crippen LogP contribution in [0.4, 0.5) is 0 Å². The summed E-state index contributed by atoms with van der Waals surface area (Å²) < 4.78 is 11.1. The number of morpholine rings is 1. The van der Waals surface area contributed by atoms with Gasteiger partial charge in [-0.1, -0.05) is 4.49 Å². The number of hydrogen-bond acceptors (Lipinski definition) is 7. The fraction of sp³-hybridized carbons (Fsp3) is 0.562. The summed E-state index contributed by atoms with van der Waals surface area (Å²) in [7, 11) is 0. The first kappa shape index (κ1) is 18.5. The molecule has 1 N–H and O–H groups in total. The minimum absolute atomic E-state index is 0.185. The second kappa shape index (κ2) is 7.92. The van der Waals surface area contributed by atoms with Crippen molar-refractivity contribution in [2.75, 3.05) is 19.7 Å². The van der Waals surface area contributed by atoms with Crippen LogP contribution in [0.25, 0.3) is 0 Å². The van der Waals surface area contributed by atoms with E-state index in [0.29, 0.717) is 25.4 Å². The fourth-order valence-corrected chi connectivity index (χ4v) is 3.16. The van der Waals surface area contributed by atoms with Crippen molar-refractivity contribution in [1.82, 2.24) is 29.6 Å². The Morgan fingerprint density at radius 3 is 2.92 bits per heavy atom. The Hall–Kier alpha value is -2.33.